The zero-order valence-corrected chi connectivity index (χ0v) is 12.1. The normalized spacial score (nSPS) is 18.2. The maximum atomic E-state index is 11.9. The molecule has 0 spiro atoms. The molecule has 1 atom stereocenters. The van der Waals surface area contributed by atoms with Crippen LogP contribution in [0.15, 0.2) is 29.2 Å². The minimum absolute atomic E-state index is 0. The monoisotopic (exact) mass is 286 g/mol. The molecular weight excluding hydrogens is 268 g/mol. The van der Waals surface area contributed by atoms with Crippen molar-refractivity contribution in [3.63, 3.8) is 0 Å². The number of thioether (sulfide) groups is 1. The summed E-state index contributed by atoms with van der Waals surface area (Å²) < 4.78 is 0. The van der Waals surface area contributed by atoms with E-state index in [1.807, 2.05) is 18.2 Å². The van der Waals surface area contributed by atoms with E-state index in [1.54, 1.807) is 11.8 Å². The number of hydrogen-bond acceptors (Lipinski definition) is 3. The van der Waals surface area contributed by atoms with E-state index >= 15 is 0 Å². The zero-order chi connectivity index (χ0) is 12.1. The highest BCUT2D eigenvalue weighted by molar-refractivity contribution is 7.99. The van der Waals surface area contributed by atoms with Gasteiger partial charge in [-0.2, -0.15) is 0 Å². The summed E-state index contributed by atoms with van der Waals surface area (Å²) in [6.45, 7) is 3.87. The molecule has 0 aromatic heterocycles. The molecule has 2 rings (SSSR count). The van der Waals surface area contributed by atoms with E-state index in [4.69, 9.17) is 0 Å². The molecule has 3 nitrogen and oxygen atoms in total. The molecule has 0 aliphatic carbocycles. The highest BCUT2D eigenvalue weighted by Crippen LogP contribution is 2.22. The maximum absolute atomic E-state index is 11.9. The Balaban J connectivity index is 0.00000162. The van der Waals surface area contributed by atoms with Crippen LogP contribution in [0.1, 0.15) is 13.3 Å². The van der Waals surface area contributed by atoms with Crippen LogP contribution in [0.4, 0.5) is 5.69 Å². The first-order valence-corrected chi connectivity index (χ1v) is 7.02. The van der Waals surface area contributed by atoms with Crippen LogP contribution >= 0.6 is 24.2 Å². The average Bonchev–Trinajstić information content (AvgIpc) is 2.83. The number of halogens is 1. The first kappa shape index (κ1) is 15.3. The molecule has 1 saturated heterocycles. The summed E-state index contributed by atoms with van der Waals surface area (Å²) in [5.41, 5.74) is 0.903. The van der Waals surface area contributed by atoms with Crippen molar-refractivity contribution in [3.8, 4) is 0 Å². The van der Waals surface area contributed by atoms with E-state index < -0.39 is 0 Å². The van der Waals surface area contributed by atoms with E-state index in [2.05, 4.69) is 23.6 Å². The molecule has 1 aliphatic rings. The fraction of sp³-hybridized carbons (Fsp3) is 0.462. The Morgan fingerprint density at radius 2 is 2.39 bits per heavy atom. The SMILES string of the molecule is CCSc1cccc(NC(=O)C2CCNC2)c1.Cl. The van der Waals surface area contributed by atoms with Gasteiger partial charge in [-0.25, -0.2) is 0 Å². The Morgan fingerprint density at radius 3 is 3.06 bits per heavy atom. The van der Waals surface area contributed by atoms with Gasteiger partial charge in [-0.1, -0.05) is 13.0 Å². The van der Waals surface area contributed by atoms with Crippen LogP contribution in [-0.2, 0) is 4.79 Å². The molecule has 1 unspecified atom stereocenters. The van der Waals surface area contributed by atoms with Gasteiger partial charge in [0.1, 0.15) is 0 Å². The molecule has 0 saturated carbocycles. The number of amides is 1. The van der Waals surface area contributed by atoms with Crippen molar-refractivity contribution in [2.75, 3.05) is 24.2 Å². The topological polar surface area (TPSA) is 41.1 Å². The summed E-state index contributed by atoms with van der Waals surface area (Å²) in [5, 5.41) is 6.20. The predicted octanol–water partition coefficient (Wildman–Crippen LogP) is 2.77. The van der Waals surface area contributed by atoms with Crippen molar-refractivity contribution in [3.05, 3.63) is 24.3 Å². The third-order valence-electron chi connectivity index (χ3n) is 2.84. The summed E-state index contributed by atoms with van der Waals surface area (Å²) in [5.74, 6) is 1.30. The molecule has 2 N–H and O–H groups in total. The molecular formula is C13H19ClN2OS. The Bertz CT molecular complexity index is 394. The molecule has 0 radical (unpaired) electrons. The number of rotatable bonds is 4. The summed E-state index contributed by atoms with van der Waals surface area (Å²) in [7, 11) is 0. The minimum Gasteiger partial charge on any atom is -0.326 e. The second-order valence-electron chi connectivity index (χ2n) is 4.14. The molecule has 0 bridgehead atoms. The Kier molecular flexibility index (Phi) is 6.54. The van der Waals surface area contributed by atoms with Gasteiger partial charge < -0.3 is 10.6 Å². The van der Waals surface area contributed by atoms with E-state index in [-0.39, 0.29) is 24.2 Å². The van der Waals surface area contributed by atoms with Crippen molar-refractivity contribution in [1.82, 2.24) is 5.32 Å². The number of carbonyl (C=O) groups is 1. The lowest BCUT2D eigenvalue weighted by atomic mass is 10.1. The highest BCUT2D eigenvalue weighted by atomic mass is 35.5. The lowest BCUT2D eigenvalue weighted by molar-refractivity contribution is -0.119. The van der Waals surface area contributed by atoms with Crippen LogP contribution in [0.3, 0.4) is 0 Å². The molecule has 1 heterocycles. The second kappa shape index (κ2) is 7.67. The lowest BCUT2D eigenvalue weighted by Gasteiger charge is -2.10. The third-order valence-corrected chi connectivity index (χ3v) is 3.72. The number of carbonyl (C=O) groups excluding carboxylic acids is 1. The largest absolute Gasteiger partial charge is 0.326 e. The van der Waals surface area contributed by atoms with Crippen LogP contribution in [0, 0.1) is 5.92 Å². The first-order valence-electron chi connectivity index (χ1n) is 6.04. The van der Waals surface area contributed by atoms with Crippen LogP contribution in [0.5, 0.6) is 0 Å². The van der Waals surface area contributed by atoms with Gasteiger partial charge in [0.05, 0.1) is 5.92 Å². The fourth-order valence-corrected chi connectivity index (χ4v) is 2.67. The van der Waals surface area contributed by atoms with Crippen LogP contribution < -0.4 is 10.6 Å². The van der Waals surface area contributed by atoms with E-state index in [0.29, 0.717) is 0 Å². The van der Waals surface area contributed by atoms with Gasteiger partial charge in [0.25, 0.3) is 0 Å². The van der Waals surface area contributed by atoms with Gasteiger partial charge in [0.15, 0.2) is 0 Å². The number of benzene rings is 1. The van der Waals surface area contributed by atoms with Gasteiger partial charge in [0.2, 0.25) is 5.91 Å². The average molecular weight is 287 g/mol. The van der Waals surface area contributed by atoms with Crippen LogP contribution in [-0.4, -0.2) is 24.7 Å². The zero-order valence-electron chi connectivity index (χ0n) is 10.4. The van der Waals surface area contributed by atoms with Crippen LogP contribution in [0.2, 0.25) is 0 Å². The van der Waals surface area contributed by atoms with Gasteiger partial charge in [0, 0.05) is 17.1 Å². The molecule has 1 amide bonds. The molecule has 1 aliphatic heterocycles. The number of anilines is 1. The van der Waals surface area contributed by atoms with Crippen molar-refractivity contribution in [2.45, 2.75) is 18.2 Å². The van der Waals surface area contributed by atoms with E-state index in [1.165, 1.54) is 4.90 Å². The molecule has 1 fully saturated rings. The quantitative estimate of drug-likeness (QED) is 0.836. The lowest BCUT2D eigenvalue weighted by Crippen LogP contribution is -2.24. The van der Waals surface area contributed by atoms with E-state index in [9.17, 15) is 4.79 Å². The Labute approximate surface area is 119 Å². The minimum atomic E-state index is 0. The number of hydrogen-bond donors (Lipinski definition) is 2. The fourth-order valence-electron chi connectivity index (χ4n) is 1.95. The summed E-state index contributed by atoms with van der Waals surface area (Å²) in [6, 6.07) is 8.04. The molecule has 5 heteroatoms. The maximum Gasteiger partial charge on any atom is 0.228 e. The molecule has 1 aromatic rings. The summed E-state index contributed by atoms with van der Waals surface area (Å²) in [6.07, 6.45) is 0.940. The Hall–Kier alpha value is -0.710. The summed E-state index contributed by atoms with van der Waals surface area (Å²) in [4.78, 5) is 13.1. The van der Waals surface area contributed by atoms with Gasteiger partial charge >= 0.3 is 0 Å². The third kappa shape index (κ3) is 4.19. The van der Waals surface area contributed by atoms with E-state index in [0.717, 1.165) is 31.0 Å². The van der Waals surface area contributed by atoms with Crippen molar-refractivity contribution in [2.24, 2.45) is 5.92 Å². The number of nitrogens with one attached hydrogen (secondary N) is 2. The Morgan fingerprint density at radius 1 is 1.56 bits per heavy atom. The van der Waals surface area contributed by atoms with Crippen LogP contribution in [0.25, 0.3) is 0 Å². The summed E-state index contributed by atoms with van der Waals surface area (Å²) >= 11 is 1.79. The second-order valence-corrected chi connectivity index (χ2v) is 5.48. The highest BCUT2D eigenvalue weighted by Gasteiger charge is 2.22. The van der Waals surface area contributed by atoms with Crippen molar-refractivity contribution in [1.29, 1.82) is 0 Å². The van der Waals surface area contributed by atoms with Gasteiger partial charge in [-0.15, -0.1) is 24.2 Å². The molecule has 18 heavy (non-hydrogen) atoms. The first-order chi connectivity index (χ1) is 8.29. The van der Waals surface area contributed by atoms with Gasteiger partial charge in [-0.05, 0) is 36.9 Å². The smallest absolute Gasteiger partial charge is 0.228 e. The van der Waals surface area contributed by atoms with Gasteiger partial charge in [-0.3, -0.25) is 4.79 Å². The predicted molar refractivity (Wildman–Crippen MR) is 79.7 cm³/mol. The molecule has 1 aromatic carbocycles. The van der Waals surface area contributed by atoms with Crippen molar-refractivity contribution < 1.29 is 4.79 Å². The molecule has 100 valence electrons. The standard InChI is InChI=1S/C13H18N2OS.ClH/c1-2-17-12-5-3-4-11(8-12)15-13(16)10-6-7-14-9-10;/h3-5,8,10,14H,2,6-7,9H2,1H3,(H,15,16);1H. The van der Waals surface area contributed by atoms with Crippen molar-refractivity contribution >= 4 is 35.8 Å².